The van der Waals surface area contributed by atoms with Gasteiger partial charge in [0, 0.05) is 16.6 Å². The van der Waals surface area contributed by atoms with Gasteiger partial charge in [0.15, 0.2) is 9.84 Å². The Bertz CT molecular complexity index is 630. The standard InChI is InChI=1S/C14H18BrNO4S/c1-2-20-13-4-3-12(7-11(13)8-15)16-14(17)10-5-6-21(18,19)9-10/h3-4,7,10H,2,5-6,8-9H2,1H3,(H,16,17). The van der Waals surface area contributed by atoms with Gasteiger partial charge in [-0.05, 0) is 31.5 Å². The molecule has 1 amide bonds. The zero-order chi connectivity index (χ0) is 15.5. The molecule has 7 heteroatoms. The van der Waals surface area contributed by atoms with E-state index in [1.165, 1.54) is 0 Å². The minimum atomic E-state index is -3.05. The van der Waals surface area contributed by atoms with Crippen molar-refractivity contribution < 1.29 is 17.9 Å². The number of hydrogen-bond acceptors (Lipinski definition) is 4. The second-order valence-electron chi connectivity index (χ2n) is 4.98. The zero-order valence-corrected chi connectivity index (χ0v) is 14.2. The lowest BCUT2D eigenvalue weighted by Crippen LogP contribution is -2.23. The van der Waals surface area contributed by atoms with Crippen LogP contribution in [-0.2, 0) is 20.0 Å². The number of nitrogens with one attached hydrogen (secondary N) is 1. The average Bonchev–Trinajstić information content (AvgIpc) is 2.81. The first-order valence-corrected chi connectivity index (χ1v) is 9.72. The van der Waals surface area contributed by atoms with Gasteiger partial charge < -0.3 is 10.1 Å². The van der Waals surface area contributed by atoms with Gasteiger partial charge in [-0.2, -0.15) is 0 Å². The van der Waals surface area contributed by atoms with Crippen molar-refractivity contribution in [3.8, 4) is 5.75 Å². The van der Waals surface area contributed by atoms with Crippen molar-refractivity contribution in [1.29, 1.82) is 0 Å². The van der Waals surface area contributed by atoms with Crippen LogP contribution in [-0.4, -0.2) is 32.4 Å². The summed E-state index contributed by atoms with van der Waals surface area (Å²) in [7, 11) is -3.05. The predicted octanol–water partition coefficient (Wildman–Crippen LogP) is 2.35. The highest BCUT2D eigenvalue weighted by Gasteiger charge is 2.32. The number of benzene rings is 1. The first-order chi connectivity index (χ1) is 9.95. The van der Waals surface area contributed by atoms with Gasteiger partial charge in [0.25, 0.3) is 0 Å². The number of anilines is 1. The summed E-state index contributed by atoms with van der Waals surface area (Å²) in [5.74, 6) is 0.132. The molecule has 0 bridgehead atoms. The van der Waals surface area contributed by atoms with Crippen molar-refractivity contribution in [3.05, 3.63) is 23.8 Å². The molecule has 2 rings (SSSR count). The number of carbonyl (C=O) groups excluding carboxylic acids is 1. The van der Waals surface area contributed by atoms with Gasteiger partial charge >= 0.3 is 0 Å². The molecule has 1 saturated heterocycles. The number of sulfone groups is 1. The van der Waals surface area contributed by atoms with Crippen molar-refractivity contribution in [2.75, 3.05) is 23.4 Å². The largest absolute Gasteiger partial charge is 0.494 e. The SMILES string of the molecule is CCOc1ccc(NC(=O)C2CCS(=O)(=O)C2)cc1CBr. The van der Waals surface area contributed by atoms with E-state index in [1.54, 1.807) is 12.1 Å². The number of alkyl halides is 1. The second-order valence-corrected chi connectivity index (χ2v) is 7.77. The van der Waals surface area contributed by atoms with Crippen LogP contribution in [0.2, 0.25) is 0 Å². The van der Waals surface area contributed by atoms with E-state index < -0.39 is 15.8 Å². The molecule has 1 N–H and O–H groups in total. The van der Waals surface area contributed by atoms with Crippen molar-refractivity contribution in [2.24, 2.45) is 5.92 Å². The fraction of sp³-hybridized carbons (Fsp3) is 0.500. The van der Waals surface area contributed by atoms with Crippen LogP contribution < -0.4 is 10.1 Å². The van der Waals surface area contributed by atoms with E-state index in [0.29, 0.717) is 24.0 Å². The molecule has 1 aromatic carbocycles. The minimum Gasteiger partial charge on any atom is -0.494 e. The Kier molecular flexibility index (Phi) is 5.27. The van der Waals surface area contributed by atoms with Crippen molar-refractivity contribution in [2.45, 2.75) is 18.7 Å². The number of ether oxygens (including phenoxy) is 1. The molecule has 5 nitrogen and oxygen atoms in total. The highest BCUT2D eigenvalue weighted by Crippen LogP contribution is 2.26. The lowest BCUT2D eigenvalue weighted by Gasteiger charge is -2.13. The average molecular weight is 376 g/mol. The first kappa shape index (κ1) is 16.3. The third kappa shape index (κ3) is 4.20. The molecule has 0 spiro atoms. The normalized spacial score (nSPS) is 20.2. The topological polar surface area (TPSA) is 72.5 Å². The Balaban J connectivity index is 2.07. The van der Waals surface area contributed by atoms with Crippen LogP contribution in [0.5, 0.6) is 5.75 Å². The smallest absolute Gasteiger partial charge is 0.228 e. The Morgan fingerprint density at radius 2 is 2.24 bits per heavy atom. The molecule has 1 atom stereocenters. The van der Waals surface area contributed by atoms with Crippen LogP contribution in [0.25, 0.3) is 0 Å². The first-order valence-electron chi connectivity index (χ1n) is 6.78. The molecule has 0 aliphatic carbocycles. The molecule has 0 aromatic heterocycles. The summed E-state index contributed by atoms with van der Waals surface area (Å²) in [5, 5.41) is 3.40. The van der Waals surface area contributed by atoms with Gasteiger partial charge in [0.1, 0.15) is 5.75 Å². The van der Waals surface area contributed by atoms with E-state index in [2.05, 4.69) is 21.2 Å². The molecular formula is C14H18BrNO4S. The molecule has 1 fully saturated rings. The molecular weight excluding hydrogens is 358 g/mol. The number of carbonyl (C=O) groups is 1. The molecule has 0 radical (unpaired) electrons. The molecule has 1 unspecified atom stereocenters. The van der Waals surface area contributed by atoms with Gasteiger partial charge in [-0.1, -0.05) is 15.9 Å². The third-order valence-corrected chi connectivity index (χ3v) is 5.75. The lowest BCUT2D eigenvalue weighted by atomic mass is 10.1. The maximum absolute atomic E-state index is 12.1. The molecule has 1 heterocycles. The summed E-state index contributed by atoms with van der Waals surface area (Å²) in [5.41, 5.74) is 1.59. The van der Waals surface area contributed by atoms with E-state index in [-0.39, 0.29) is 17.4 Å². The van der Waals surface area contributed by atoms with Crippen LogP contribution in [0.1, 0.15) is 18.9 Å². The van der Waals surface area contributed by atoms with E-state index in [1.807, 2.05) is 13.0 Å². The number of amides is 1. The van der Waals surface area contributed by atoms with Crippen LogP contribution in [0.15, 0.2) is 18.2 Å². The maximum atomic E-state index is 12.1. The Hall–Kier alpha value is -1.08. The van der Waals surface area contributed by atoms with Crippen LogP contribution >= 0.6 is 15.9 Å². The fourth-order valence-corrected chi connectivity index (χ4v) is 4.48. The maximum Gasteiger partial charge on any atom is 0.228 e. The zero-order valence-electron chi connectivity index (χ0n) is 11.8. The second kappa shape index (κ2) is 6.79. The minimum absolute atomic E-state index is 0.0544. The molecule has 1 aliphatic heterocycles. The van der Waals surface area contributed by atoms with Crippen LogP contribution in [0.4, 0.5) is 5.69 Å². The number of halogens is 1. The van der Waals surface area contributed by atoms with Gasteiger partial charge in [-0.3, -0.25) is 4.79 Å². The van der Waals surface area contributed by atoms with Gasteiger partial charge in [0.2, 0.25) is 5.91 Å². The molecule has 21 heavy (non-hydrogen) atoms. The summed E-state index contributed by atoms with van der Waals surface area (Å²) < 4.78 is 28.3. The van der Waals surface area contributed by atoms with Crippen LogP contribution in [0, 0.1) is 5.92 Å². The summed E-state index contributed by atoms with van der Waals surface area (Å²) in [6.07, 6.45) is 0.399. The highest BCUT2D eigenvalue weighted by molar-refractivity contribution is 9.08. The summed E-state index contributed by atoms with van der Waals surface area (Å²) in [6.45, 7) is 2.49. The van der Waals surface area contributed by atoms with E-state index in [0.717, 1.165) is 11.3 Å². The van der Waals surface area contributed by atoms with E-state index in [9.17, 15) is 13.2 Å². The fourth-order valence-electron chi connectivity index (χ4n) is 2.30. The quantitative estimate of drug-likeness (QED) is 0.801. The van der Waals surface area contributed by atoms with Crippen molar-refractivity contribution in [3.63, 3.8) is 0 Å². The number of rotatable bonds is 5. The van der Waals surface area contributed by atoms with Gasteiger partial charge in [-0.25, -0.2) is 8.42 Å². The third-order valence-electron chi connectivity index (χ3n) is 3.38. The van der Waals surface area contributed by atoms with E-state index >= 15 is 0 Å². The van der Waals surface area contributed by atoms with Crippen molar-refractivity contribution >= 4 is 37.4 Å². The molecule has 1 aromatic rings. The van der Waals surface area contributed by atoms with Crippen LogP contribution in [0.3, 0.4) is 0 Å². The predicted molar refractivity (Wildman–Crippen MR) is 85.6 cm³/mol. The Morgan fingerprint density at radius 1 is 1.48 bits per heavy atom. The Morgan fingerprint density at radius 3 is 2.81 bits per heavy atom. The summed E-state index contributed by atoms with van der Waals surface area (Å²) in [4.78, 5) is 12.1. The number of hydrogen-bond donors (Lipinski definition) is 1. The molecule has 1 aliphatic rings. The molecule has 0 saturated carbocycles. The molecule has 116 valence electrons. The van der Waals surface area contributed by atoms with Crippen molar-refractivity contribution in [1.82, 2.24) is 0 Å². The van der Waals surface area contributed by atoms with Gasteiger partial charge in [-0.15, -0.1) is 0 Å². The lowest BCUT2D eigenvalue weighted by molar-refractivity contribution is -0.119. The Labute approximate surface area is 133 Å². The van der Waals surface area contributed by atoms with E-state index in [4.69, 9.17) is 4.74 Å². The highest BCUT2D eigenvalue weighted by atomic mass is 79.9. The summed E-state index contributed by atoms with van der Waals surface area (Å²) >= 11 is 3.39. The summed E-state index contributed by atoms with van der Waals surface area (Å²) in [6, 6.07) is 5.40. The monoisotopic (exact) mass is 375 g/mol. The van der Waals surface area contributed by atoms with Gasteiger partial charge in [0.05, 0.1) is 24.0 Å².